The number of fused-ring (bicyclic) bond motifs is 1. The quantitative estimate of drug-likeness (QED) is 0.836. The Morgan fingerprint density at radius 3 is 2.90 bits per heavy atom. The number of rotatable bonds is 5. The van der Waals surface area contributed by atoms with Gasteiger partial charge < -0.3 is 5.32 Å². The standard InChI is InChI=1S/C19H29NS/c1-3-11-20-18-10-7-14(2)12-19(18)21-17-9-8-15-5-4-6-16(15)13-17/h8-9,13-14,18-20H,3-7,10-12H2,1-2H3. The smallest absolute Gasteiger partial charge is 0.0250 e. The number of benzene rings is 1. The van der Waals surface area contributed by atoms with E-state index < -0.39 is 0 Å². The average molecular weight is 304 g/mol. The van der Waals surface area contributed by atoms with Crippen molar-refractivity contribution in [3.8, 4) is 0 Å². The van der Waals surface area contributed by atoms with Gasteiger partial charge >= 0.3 is 0 Å². The number of nitrogens with one attached hydrogen (secondary N) is 1. The van der Waals surface area contributed by atoms with Crippen LogP contribution >= 0.6 is 11.8 Å². The molecule has 2 heteroatoms. The second-order valence-electron chi connectivity index (χ2n) is 6.92. The second-order valence-corrected chi connectivity index (χ2v) is 8.23. The minimum absolute atomic E-state index is 0.708. The van der Waals surface area contributed by atoms with Gasteiger partial charge in [0.05, 0.1) is 0 Å². The highest BCUT2D eigenvalue weighted by atomic mass is 32.2. The lowest BCUT2D eigenvalue weighted by molar-refractivity contribution is 0.317. The van der Waals surface area contributed by atoms with Gasteiger partial charge in [-0.2, -0.15) is 0 Å². The lowest BCUT2D eigenvalue weighted by Crippen LogP contribution is -2.42. The maximum Gasteiger partial charge on any atom is 0.0250 e. The van der Waals surface area contributed by atoms with E-state index in [0.717, 1.165) is 11.2 Å². The molecule has 2 aliphatic carbocycles. The van der Waals surface area contributed by atoms with Crippen LogP contribution in [0.25, 0.3) is 0 Å². The Morgan fingerprint density at radius 1 is 1.19 bits per heavy atom. The molecule has 21 heavy (non-hydrogen) atoms. The zero-order chi connectivity index (χ0) is 14.7. The highest BCUT2D eigenvalue weighted by Crippen LogP contribution is 2.37. The van der Waals surface area contributed by atoms with Crippen molar-refractivity contribution in [2.75, 3.05) is 6.54 Å². The fourth-order valence-electron chi connectivity index (χ4n) is 3.82. The summed E-state index contributed by atoms with van der Waals surface area (Å²) in [5, 5.41) is 4.54. The molecule has 0 bridgehead atoms. The first kappa shape index (κ1) is 15.4. The molecule has 1 saturated carbocycles. The van der Waals surface area contributed by atoms with E-state index in [1.165, 1.54) is 56.4 Å². The van der Waals surface area contributed by atoms with Crippen molar-refractivity contribution in [1.29, 1.82) is 0 Å². The summed E-state index contributed by atoms with van der Waals surface area (Å²) in [5.74, 6) is 0.886. The fraction of sp³-hybridized carbons (Fsp3) is 0.684. The van der Waals surface area contributed by atoms with Crippen molar-refractivity contribution in [1.82, 2.24) is 5.32 Å². The molecular weight excluding hydrogens is 274 g/mol. The molecule has 0 heterocycles. The van der Waals surface area contributed by atoms with E-state index in [1.54, 1.807) is 11.1 Å². The molecule has 0 radical (unpaired) electrons. The van der Waals surface area contributed by atoms with Crippen LogP contribution in [0, 0.1) is 5.92 Å². The lowest BCUT2D eigenvalue weighted by Gasteiger charge is -2.35. The second kappa shape index (κ2) is 7.19. The van der Waals surface area contributed by atoms with E-state index in [1.807, 2.05) is 0 Å². The van der Waals surface area contributed by atoms with Gasteiger partial charge in [0.1, 0.15) is 0 Å². The van der Waals surface area contributed by atoms with Crippen LogP contribution in [0.15, 0.2) is 23.1 Å². The number of aryl methyl sites for hydroxylation is 2. The normalized spacial score (nSPS) is 28.6. The number of thioether (sulfide) groups is 1. The van der Waals surface area contributed by atoms with Crippen LogP contribution in [-0.2, 0) is 12.8 Å². The highest BCUT2D eigenvalue weighted by Gasteiger charge is 2.29. The summed E-state index contributed by atoms with van der Waals surface area (Å²) in [5.41, 5.74) is 3.21. The molecule has 2 aliphatic rings. The van der Waals surface area contributed by atoms with E-state index in [-0.39, 0.29) is 0 Å². The predicted octanol–water partition coefficient (Wildman–Crippen LogP) is 4.82. The lowest BCUT2D eigenvalue weighted by atomic mass is 9.87. The number of hydrogen-bond donors (Lipinski definition) is 1. The Kier molecular flexibility index (Phi) is 5.29. The third-order valence-corrected chi connectivity index (χ3v) is 6.42. The van der Waals surface area contributed by atoms with E-state index in [2.05, 4.69) is 49.1 Å². The SMILES string of the molecule is CCCNC1CCC(C)CC1Sc1ccc2c(c1)CCC2. The Balaban J connectivity index is 1.68. The van der Waals surface area contributed by atoms with E-state index >= 15 is 0 Å². The topological polar surface area (TPSA) is 12.0 Å². The van der Waals surface area contributed by atoms with Crippen LogP contribution in [0.2, 0.25) is 0 Å². The molecule has 0 spiro atoms. The molecule has 1 nitrogen and oxygen atoms in total. The fourth-order valence-corrected chi connectivity index (χ4v) is 5.35. The van der Waals surface area contributed by atoms with Crippen molar-refractivity contribution in [2.24, 2.45) is 5.92 Å². The van der Waals surface area contributed by atoms with Gasteiger partial charge in [-0.1, -0.05) is 19.9 Å². The monoisotopic (exact) mass is 303 g/mol. The van der Waals surface area contributed by atoms with Gasteiger partial charge in [0.25, 0.3) is 0 Å². The van der Waals surface area contributed by atoms with Crippen LogP contribution in [0.1, 0.15) is 57.1 Å². The summed E-state index contributed by atoms with van der Waals surface area (Å²) >= 11 is 2.13. The van der Waals surface area contributed by atoms with E-state index in [4.69, 9.17) is 0 Å². The summed E-state index contributed by atoms with van der Waals surface area (Å²) in [7, 11) is 0. The zero-order valence-corrected chi connectivity index (χ0v) is 14.3. The molecule has 3 atom stereocenters. The first-order chi connectivity index (χ1) is 10.3. The van der Waals surface area contributed by atoms with Crippen molar-refractivity contribution in [3.05, 3.63) is 29.3 Å². The molecule has 1 N–H and O–H groups in total. The predicted molar refractivity (Wildman–Crippen MR) is 93.2 cm³/mol. The maximum atomic E-state index is 3.79. The Bertz CT molecular complexity index is 469. The highest BCUT2D eigenvalue weighted by molar-refractivity contribution is 8.00. The zero-order valence-electron chi connectivity index (χ0n) is 13.5. The van der Waals surface area contributed by atoms with E-state index in [9.17, 15) is 0 Å². The van der Waals surface area contributed by atoms with Crippen LogP contribution in [0.5, 0.6) is 0 Å². The molecule has 0 aliphatic heterocycles. The van der Waals surface area contributed by atoms with Gasteiger partial charge in [-0.3, -0.25) is 0 Å². The molecule has 0 amide bonds. The minimum atomic E-state index is 0.708. The van der Waals surface area contributed by atoms with E-state index in [0.29, 0.717) is 6.04 Å². The molecule has 3 unspecified atom stereocenters. The Morgan fingerprint density at radius 2 is 2.05 bits per heavy atom. The van der Waals surface area contributed by atoms with Gasteiger partial charge in [0, 0.05) is 16.2 Å². The van der Waals surface area contributed by atoms with Crippen molar-refractivity contribution < 1.29 is 0 Å². The van der Waals surface area contributed by atoms with Crippen molar-refractivity contribution >= 4 is 11.8 Å². The van der Waals surface area contributed by atoms with Gasteiger partial charge in [-0.05, 0) is 80.7 Å². The summed E-state index contributed by atoms with van der Waals surface area (Å²) in [6, 6.07) is 7.93. The summed E-state index contributed by atoms with van der Waals surface area (Å²) in [6.45, 7) is 5.85. The molecule has 3 rings (SSSR count). The van der Waals surface area contributed by atoms with Crippen LogP contribution in [-0.4, -0.2) is 17.8 Å². The number of hydrogen-bond acceptors (Lipinski definition) is 2. The Labute approximate surface area is 134 Å². The molecule has 1 aromatic rings. The third-order valence-electron chi connectivity index (χ3n) is 5.07. The largest absolute Gasteiger partial charge is 0.313 e. The van der Waals surface area contributed by atoms with Gasteiger partial charge in [-0.25, -0.2) is 0 Å². The van der Waals surface area contributed by atoms with Crippen molar-refractivity contribution in [2.45, 2.75) is 75.0 Å². The average Bonchev–Trinajstić information content (AvgIpc) is 2.94. The van der Waals surface area contributed by atoms with Gasteiger partial charge in [-0.15, -0.1) is 11.8 Å². The minimum Gasteiger partial charge on any atom is -0.313 e. The third kappa shape index (κ3) is 3.84. The summed E-state index contributed by atoms with van der Waals surface area (Å²) in [6.07, 6.45) is 9.28. The summed E-state index contributed by atoms with van der Waals surface area (Å²) in [4.78, 5) is 1.50. The first-order valence-electron chi connectivity index (χ1n) is 8.78. The van der Waals surface area contributed by atoms with Gasteiger partial charge in [0.2, 0.25) is 0 Å². The summed E-state index contributed by atoms with van der Waals surface area (Å²) < 4.78 is 0. The molecule has 1 fully saturated rings. The molecule has 0 aromatic heterocycles. The van der Waals surface area contributed by atoms with Crippen LogP contribution < -0.4 is 5.32 Å². The van der Waals surface area contributed by atoms with Crippen LogP contribution in [0.4, 0.5) is 0 Å². The maximum absolute atomic E-state index is 3.79. The van der Waals surface area contributed by atoms with Crippen molar-refractivity contribution in [3.63, 3.8) is 0 Å². The van der Waals surface area contributed by atoms with Crippen LogP contribution in [0.3, 0.4) is 0 Å². The molecule has 116 valence electrons. The van der Waals surface area contributed by atoms with Gasteiger partial charge in [0.15, 0.2) is 0 Å². The molecular formula is C19H29NS. The Hall–Kier alpha value is -0.470. The first-order valence-corrected chi connectivity index (χ1v) is 9.66. The molecule has 0 saturated heterocycles. The molecule has 1 aromatic carbocycles.